The molecule has 0 bridgehead atoms. The van der Waals surface area contributed by atoms with E-state index in [4.69, 9.17) is 9.47 Å². The van der Waals surface area contributed by atoms with E-state index in [0.717, 1.165) is 32.5 Å². The maximum atomic E-state index is 12.5. The van der Waals surface area contributed by atoms with E-state index in [2.05, 4.69) is 23.5 Å². The molecule has 0 amide bonds. The Balaban J connectivity index is 1.53. The third kappa shape index (κ3) is 4.20. The number of nitrogens with one attached hydrogen (secondary N) is 1. The SMILES string of the molecule is CC(C)CN1CCC(CNS(=O)(=O)c2ccc3c(c2)OCO3)CC1. The second-order valence-corrected chi connectivity index (χ2v) is 8.77. The largest absolute Gasteiger partial charge is 0.454 e. The fourth-order valence-electron chi connectivity index (χ4n) is 3.24. The Morgan fingerprint density at radius 1 is 1.21 bits per heavy atom. The lowest BCUT2D eigenvalue weighted by Gasteiger charge is -2.32. The highest BCUT2D eigenvalue weighted by molar-refractivity contribution is 7.89. The molecule has 6 nitrogen and oxygen atoms in total. The van der Waals surface area contributed by atoms with Crippen molar-refractivity contribution in [1.82, 2.24) is 9.62 Å². The molecule has 2 aliphatic heterocycles. The van der Waals surface area contributed by atoms with Gasteiger partial charge in [0, 0.05) is 19.2 Å². The zero-order valence-electron chi connectivity index (χ0n) is 14.3. The molecule has 2 heterocycles. The van der Waals surface area contributed by atoms with E-state index in [1.807, 2.05) is 0 Å². The minimum atomic E-state index is -3.51. The van der Waals surface area contributed by atoms with E-state index in [0.29, 0.717) is 29.9 Å². The summed E-state index contributed by atoms with van der Waals surface area (Å²) in [7, 11) is -3.51. The number of hydrogen-bond donors (Lipinski definition) is 1. The molecule has 0 spiro atoms. The molecule has 1 aromatic rings. The highest BCUT2D eigenvalue weighted by atomic mass is 32.2. The summed E-state index contributed by atoms with van der Waals surface area (Å²) in [6.07, 6.45) is 2.08. The molecule has 24 heavy (non-hydrogen) atoms. The summed E-state index contributed by atoms with van der Waals surface area (Å²) in [5.41, 5.74) is 0. The van der Waals surface area contributed by atoms with Crippen LogP contribution in [0.25, 0.3) is 0 Å². The summed E-state index contributed by atoms with van der Waals surface area (Å²) >= 11 is 0. The number of fused-ring (bicyclic) bond motifs is 1. The maximum absolute atomic E-state index is 12.5. The van der Waals surface area contributed by atoms with Crippen molar-refractivity contribution in [2.45, 2.75) is 31.6 Å². The Labute approximate surface area is 144 Å². The van der Waals surface area contributed by atoms with Gasteiger partial charge in [-0.1, -0.05) is 13.8 Å². The zero-order valence-corrected chi connectivity index (χ0v) is 15.1. The van der Waals surface area contributed by atoms with Crippen molar-refractivity contribution in [3.63, 3.8) is 0 Å². The Bertz CT molecular complexity index is 667. The first-order chi connectivity index (χ1) is 11.4. The van der Waals surface area contributed by atoms with E-state index in [1.165, 1.54) is 6.07 Å². The normalized spacial score (nSPS) is 19.1. The van der Waals surface area contributed by atoms with Gasteiger partial charge in [-0.25, -0.2) is 13.1 Å². The Kier molecular flexibility index (Phi) is 5.32. The Hall–Kier alpha value is -1.31. The van der Waals surface area contributed by atoms with Gasteiger partial charge in [0.1, 0.15) is 0 Å². The zero-order chi connectivity index (χ0) is 17.2. The van der Waals surface area contributed by atoms with E-state index < -0.39 is 10.0 Å². The summed E-state index contributed by atoms with van der Waals surface area (Å²) < 4.78 is 38.2. The van der Waals surface area contributed by atoms with Gasteiger partial charge in [-0.15, -0.1) is 0 Å². The minimum absolute atomic E-state index is 0.140. The van der Waals surface area contributed by atoms with Crippen LogP contribution in [0, 0.1) is 11.8 Å². The first-order valence-corrected chi connectivity index (χ1v) is 10.0. The van der Waals surface area contributed by atoms with E-state index >= 15 is 0 Å². The average Bonchev–Trinajstić information content (AvgIpc) is 3.01. The Morgan fingerprint density at radius 2 is 1.92 bits per heavy atom. The predicted octanol–water partition coefficient (Wildman–Crippen LogP) is 2.06. The van der Waals surface area contributed by atoms with Gasteiger partial charge in [0.15, 0.2) is 11.5 Å². The van der Waals surface area contributed by atoms with Gasteiger partial charge < -0.3 is 14.4 Å². The van der Waals surface area contributed by atoms with Crippen molar-refractivity contribution in [3.05, 3.63) is 18.2 Å². The first-order valence-electron chi connectivity index (χ1n) is 8.56. The van der Waals surface area contributed by atoms with Crippen molar-refractivity contribution in [2.24, 2.45) is 11.8 Å². The molecule has 0 radical (unpaired) electrons. The summed E-state index contributed by atoms with van der Waals surface area (Å²) in [6, 6.07) is 4.72. The molecule has 1 aromatic carbocycles. The van der Waals surface area contributed by atoms with Crippen LogP contribution in [0.5, 0.6) is 11.5 Å². The van der Waals surface area contributed by atoms with Crippen molar-refractivity contribution in [1.29, 1.82) is 0 Å². The van der Waals surface area contributed by atoms with Crippen molar-refractivity contribution in [3.8, 4) is 11.5 Å². The predicted molar refractivity (Wildman–Crippen MR) is 91.8 cm³/mol. The van der Waals surface area contributed by atoms with Crippen LogP contribution in [0.1, 0.15) is 26.7 Å². The smallest absolute Gasteiger partial charge is 0.240 e. The summed E-state index contributed by atoms with van der Waals surface area (Å²) in [5, 5.41) is 0. The number of benzene rings is 1. The summed E-state index contributed by atoms with van der Waals surface area (Å²) in [6.45, 7) is 8.31. The molecule has 0 aliphatic carbocycles. The molecule has 0 aromatic heterocycles. The number of likely N-dealkylation sites (tertiary alicyclic amines) is 1. The van der Waals surface area contributed by atoms with Crippen molar-refractivity contribution < 1.29 is 17.9 Å². The van der Waals surface area contributed by atoms with E-state index in [9.17, 15) is 8.42 Å². The first kappa shape index (κ1) is 17.5. The molecule has 2 aliphatic rings. The maximum Gasteiger partial charge on any atom is 0.240 e. The van der Waals surface area contributed by atoms with Crippen molar-refractivity contribution >= 4 is 10.0 Å². The lowest BCUT2D eigenvalue weighted by atomic mass is 9.96. The van der Waals surface area contributed by atoms with Crippen LogP contribution in [0.2, 0.25) is 0 Å². The average molecular weight is 354 g/mol. The molecule has 0 saturated carbocycles. The third-order valence-corrected chi connectivity index (χ3v) is 5.97. The minimum Gasteiger partial charge on any atom is -0.454 e. The summed E-state index contributed by atoms with van der Waals surface area (Å²) in [4.78, 5) is 2.69. The fourth-order valence-corrected chi connectivity index (χ4v) is 4.38. The topological polar surface area (TPSA) is 67.9 Å². The lowest BCUT2D eigenvalue weighted by molar-refractivity contribution is 0.169. The number of nitrogens with zero attached hydrogens (tertiary/aromatic N) is 1. The molecule has 1 N–H and O–H groups in total. The molecule has 0 unspecified atom stereocenters. The van der Waals surface area contributed by atoms with Crippen LogP contribution in [0.4, 0.5) is 0 Å². The molecule has 1 fully saturated rings. The number of hydrogen-bond acceptors (Lipinski definition) is 5. The van der Waals surface area contributed by atoms with Gasteiger partial charge in [-0.05, 0) is 49.9 Å². The van der Waals surface area contributed by atoms with Crippen LogP contribution in [-0.2, 0) is 10.0 Å². The molecular weight excluding hydrogens is 328 g/mol. The van der Waals surface area contributed by atoms with E-state index in [-0.39, 0.29) is 11.7 Å². The molecular formula is C17H26N2O4S. The molecule has 0 atom stereocenters. The fraction of sp³-hybridized carbons (Fsp3) is 0.647. The quantitative estimate of drug-likeness (QED) is 0.847. The standard InChI is InChI=1S/C17H26N2O4S/c1-13(2)11-19-7-5-14(6-8-19)10-18-24(20,21)15-3-4-16-17(9-15)23-12-22-16/h3-4,9,13-14,18H,5-8,10-12H2,1-2H3. The molecule has 1 saturated heterocycles. The van der Waals surface area contributed by atoms with Crippen molar-refractivity contribution in [2.75, 3.05) is 33.0 Å². The van der Waals surface area contributed by atoms with E-state index in [1.54, 1.807) is 12.1 Å². The van der Waals surface area contributed by atoms with Gasteiger partial charge in [-0.3, -0.25) is 0 Å². The van der Waals surface area contributed by atoms with Gasteiger partial charge >= 0.3 is 0 Å². The van der Waals surface area contributed by atoms with Gasteiger partial charge in [-0.2, -0.15) is 0 Å². The third-order valence-electron chi connectivity index (χ3n) is 4.55. The van der Waals surface area contributed by atoms with Crippen LogP contribution in [-0.4, -0.2) is 46.3 Å². The van der Waals surface area contributed by atoms with Crippen LogP contribution in [0.15, 0.2) is 23.1 Å². The highest BCUT2D eigenvalue weighted by Crippen LogP contribution is 2.33. The Morgan fingerprint density at radius 3 is 2.62 bits per heavy atom. The van der Waals surface area contributed by atoms with Crippen LogP contribution < -0.4 is 14.2 Å². The van der Waals surface area contributed by atoms with Crippen LogP contribution in [0.3, 0.4) is 0 Å². The molecule has 134 valence electrons. The highest BCUT2D eigenvalue weighted by Gasteiger charge is 2.24. The lowest BCUT2D eigenvalue weighted by Crippen LogP contribution is -2.40. The summed E-state index contributed by atoms with van der Waals surface area (Å²) in [5.74, 6) is 2.15. The molecule has 7 heteroatoms. The van der Waals surface area contributed by atoms with Gasteiger partial charge in [0.25, 0.3) is 0 Å². The van der Waals surface area contributed by atoms with Gasteiger partial charge in [0.05, 0.1) is 4.90 Å². The van der Waals surface area contributed by atoms with Gasteiger partial charge in [0.2, 0.25) is 16.8 Å². The second-order valence-electron chi connectivity index (χ2n) is 7.00. The number of ether oxygens (including phenoxy) is 2. The second kappa shape index (κ2) is 7.29. The molecule has 3 rings (SSSR count). The number of rotatable bonds is 6. The number of piperidine rings is 1. The number of sulfonamides is 1. The van der Waals surface area contributed by atoms with Crippen LogP contribution >= 0.6 is 0 Å². The monoisotopic (exact) mass is 354 g/mol.